The summed E-state index contributed by atoms with van der Waals surface area (Å²) < 4.78 is 13.3. The fourth-order valence-corrected chi connectivity index (χ4v) is 6.82. The van der Waals surface area contributed by atoms with Gasteiger partial charge in [0, 0.05) is 49.0 Å². The highest BCUT2D eigenvalue weighted by molar-refractivity contribution is 5.93. The predicted octanol–water partition coefficient (Wildman–Crippen LogP) is 4.54. The maximum Gasteiger partial charge on any atom is 0.319 e. The molecule has 3 aromatic rings. The summed E-state index contributed by atoms with van der Waals surface area (Å²) in [6, 6.07) is 25.4. The van der Waals surface area contributed by atoms with Crippen molar-refractivity contribution < 1.29 is 24.2 Å². The summed E-state index contributed by atoms with van der Waals surface area (Å²) in [6.07, 6.45) is 0.424. The largest absolute Gasteiger partial charge is 0.392 e. The maximum absolute atomic E-state index is 13.2. The summed E-state index contributed by atoms with van der Waals surface area (Å²) >= 11 is 0. The number of hydrogen-bond donors (Lipinski definition) is 4. The van der Waals surface area contributed by atoms with Crippen LogP contribution in [0.4, 0.5) is 16.2 Å². The number of para-hydroxylation sites is 1. The molecule has 0 aliphatic carbocycles. The third-order valence-electron chi connectivity index (χ3n) is 9.40. The third kappa shape index (κ3) is 6.55. The summed E-state index contributed by atoms with van der Waals surface area (Å²) in [6.45, 7) is 7.32. The average Bonchev–Trinajstić information content (AvgIpc) is 3.38. The second-order valence-corrected chi connectivity index (χ2v) is 12.2. The van der Waals surface area contributed by atoms with E-state index >= 15 is 0 Å². The van der Waals surface area contributed by atoms with Crippen LogP contribution in [0.25, 0.3) is 0 Å². The Hall–Kier alpha value is -3.96. The molecule has 3 fully saturated rings. The van der Waals surface area contributed by atoms with Gasteiger partial charge in [-0.05, 0) is 55.2 Å². The zero-order chi connectivity index (χ0) is 31.4. The van der Waals surface area contributed by atoms with E-state index in [0.717, 1.165) is 48.3 Å². The molecule has 3 aliphatic heterocycles. The van der Waals surface area contributed by atoms with E-state index in [4.69, 9.17) is 9.47 Å². The Labute approximate surface area is 264 Å². The Bertz CT molecular complexity index is 1460. The quantitative estimate of drug-likeness (QED) is 0.295. The first-order valence-corrected chi connectivity index (χ1v) is 15.9. The number of piperidine rings is 1. The van der Waals surface area contributed by atoms with Gasteiger partial charge < -0.3 is 40.3 Å². The smallest absolute Gasteiger partial charge is 0.319 e. The standard InChI is InChI=1S/C35H43N5O5/c1-3-36-34(43)38-28-9-7-8-27(20-28)32-44-30(24(2)31(45-32)26-14-12-25(22-41)13-15-26)21-39-18-16-35(17-19-39)33(42)37-23-40(35)29-10-5-4-6-11-29/h4-15,20,24,30-32,41H,3,16-19,21-23H2,1-2H3,(H,37,42)(H2,36,38,43)/t24-,30+,31+,32+/m0/s1. The lowest BCUT2D eigenvalue weighted by Gasteiger charge is -2.46. The minimum absolute atomic E-state index is 0.0166. The first kappa shape index (κ1) is 31.0. The van der Waals surface area contributed by atoms with Crippen molar-refractivity contribution >= 4 is 23.3 Å². The van der Waals surface area contributed by atoms with E-state index < -0.39 is 11.8 Å². The van der Waals surface area contributed by atoms with Crippen LogP contribution in [0, 0.1) is 5.92 Å². The average molecular weight is 614 g/mol. The fraction of sp³-hybridized carbons (Fsp3) is 0.429. The minimum Gasteiger partial charge on any atom is -0.392 e. The summed E-state index contributed by atoms with van der Waals surface area (Å²) in [5, 5.41) is 18.3. The van der Waals surface area contributed by atoms with Crippen LogP contribution >= 0.6 is 0 Å². The monoisotopic (exact) mass is 613 g/mol. The molecule has 0 unspecified atom stereocenters. The number of urea groups is 1. The molecule has 3 amide bonds. The van der Waals surface area contributed by atoms with Crippen LogP contribution in [0.2, 0.25) is 0 Å². The Morgan fingerprint density at radius 1 is 1.00 bits per heavy atom. The van der Waals surface area contributed by atoms with Crippen LogP contribution in [0.15, 0.2) is 78.9 Å². The van der Waals surface area contributed by atoms with Gasteiger partial charge in [0.1, 0.15) is 5.54 Å². The van der Waals surface area contributed by atoms with Gasteiger partial charge in [-0.25, -0.2) is 4.79 Å². The normalized spacial score (nSPS) is 24.8. The van der Waals surface area contributed by atoms with E-state index in [2.05, 4.69) is 44.8 Å². The van der Waals surface area contributed by atoms with Gasteiger partial charge in [-0.3, -0.25) is 4.79 Å². The van der Waals surface area contributed by atoms with E-state index in [0.29, 0.717) is 25.4 Å². The lowest BCUT2D eigenvalue weighted by Crippen LogP contribution is -2.57. The number of benzene rings is 3. The molecule has 10 nitrogen and oxygen atoms in total. The van der Waals surface area contributed by atoms with Gasteiger partial charge in [-0.2, -0.15) is 0 Å². The lowest BCUT2D eigenvalue weighted by molar-refractivity contribution is -0.276. The summed E-state index contributed by atoms with van der Waals surface area (Å²) in [5.41, 5.74) is 3.86. The molecule has 0 radical (unpaired) electrons. The van der Waals surface area contributed by atoms with Crippen molar-refractivity contribution in [3.63, 3.8) is 0 Å². The summed E-state index contributed by atoms with van der Waals surface area (Å²) in [4.78, 5) is 30.0. The molecule has 3 saturated heterocycles. The number of carbonyl (C=O) groups excluding carboxylic acids is 2. The van der Waals surface area contributed by atoms with Gasteiger partial charge in [-0.1, -0.05) is 61.5 Å². The number of aliphatic hydroxyl groups excluding tert-OH is 1. The highest BCUT2D eigenvalue weighted by Gasteiger charge is 2.51. The van der Waals surface area contributed by atoms with Gasteiger partial charge in [0.2, 0.25) is 5.91 Å². The first-order valence-electron chi connectivity index (χ1n) is 15.9. The Kier molecular flexibility index (Phi) is 9.37. The number of anilines is 2. The van der Waals surface area contributed by atoms with Crippen molar-refractivity contribution in [3.8, 4) is 0 Å². The van der Waals surface area contributed by atoms with Crippen LogP contribution < -0.4 is 20.9 Å². The zero-order valence-corrected chi connectivity index (χ0v) is 25.9. The van der Waals surface area contributed by atoms with Crippen molar-refractivity contribution in [3.05, 3.63) is 95.6 Å². The third-order valence-corrected chi connectivity index (χ3v) is 9.40. The maximum atomic E-state index is 13.2. The molecule has 1 spiro atoms. The number of carbonyl (C=O) groups is 2. The molecule has 6 rings (SSSR count). The second-order valence-electron chi connectivity index (χ2n) is 12.2. The Balaban J connectivity index is 1.20. The highest BCUT2D eigenvalue weighted by atomic mass is 16.7. The Morgan fingerprint density at radius 3 is 2.47 bits per heavy atom. The van der Waals surface area contributed by atoms with E-state index in [9.17, 15) is 14.7 Å². The molecule has 3 heterocycles. The molecule has 4 N–H and O–H groups in total. The summed E-state index contributed by atoms with van der Waals surface area (Å²) in [5.74, 6) is 0.138. The number of aliphatic hydroxyl groups is 1. The molecule has 3 aromatic carbocycles. The molecule has 0 bridgehead atoms. The molecule has 0 saturated carbocycles. The fourth-order valence-electron chi connectivity index (χ4n) is 6.82. The number of nitrogens with zero attached hydrogens (tertiary/aromatic N) is 2. The minimum atomic E-state index is -0.644. The van der Waals surface area contributed by atoms with Crippen molar-refractivity contribution in [2.45, 2.75) is 57.3 Å². The van der Waals surface area contributed by atoms with E-state index in [1.807, 2.05) is 73.7 Å². The lowest BCUT2D eigenvalue weighted by atomic mass is 9.84. The summed E-state index contributed by atoms with van der Waals surface area (Å²) in [7, 11) is 0. The van der Waals surface area contributed by atoms with Crippen LogP contribution in [0.5, 0.6) is 0 Å². The highest BCUT2D eigenvalue weighted by Crippen LogP contribution is 2.43. The van der Waals surface area contributed by atoms with Crippen LogP contribution in [-0.2, 0) is 20.9 Å². The predicted molar refractivity (Wildman–Crippen MR) is 172 cm³/mol. The van der Waals surface area contributed by atoms with Gasteiger partial charge >= 0.3 is 6.03 Å². The second kappa shape index (κ2) is 13.6. The van der Waals surface area contributed by atoms with Crippen LogP contribution in [0.1, 0.15) is 55.8 Å². The number of hydrogen-bond acceptors (Lipinski definition) is 7. The molecule has 0 aromatic heterocycles. The van der Waals surface area contributed by atoms with Gasteiger partial charge in [0.15, 0.2) is 6.29 Å². The van der Waals surface area contributed by atoms with E-state index in [-0.39, 0.29) is 36.7 Å². The van der Waals surface area contributed by atoms with Crippen molar-refractivity contribution in [1.29, 1.82) is 0 Å². The number of likely N-dealkylation sites (tertiary alicyclic amines) is 1. The van der Waals surface area contributed by atoms with Crippen molar-refractivity contribution in [2.24, 2.45) is 5.92 Å². The van der Waals surface area contributed by atoms with E-state index in [1.54, 1.807) is 0 Å². The van der Waals surface area contributed by atoms with Crippen LogP contribution in [0.3, 0.4) is 0 Å². The molecule has 45 heavy (non-hydrogen) atoms. The van der Waals surface area contributed by atoms with Gasteiger partial charge in [0.05, 0.1) is 25.5 Å². The number of rotatable bonds is 8. The SMILES string of the molecule is CCNC(=O)Nc1cccc([C@@H]2O[C@H](CN3CCC4(CC3)C(=O)NCN4c3ccccc3)[C@H](C)[C@H](c3ccc(CO)cc3)O2)c1. The molecule has 4 atom stereocenters. The molecule has 10 heteroatoms. The van der Waals surface area contributed by atoms with Gasteiger partial charge in [-0.15, -0.1) is 0 Å². The molecular formula is C35H43N5O5. The Morgan fingerprint density at radius 2 is 1.76 bits per heavy atom. The molecule has 238 valence electrons. The van der Waals surface area contributed by atoms with Crippen LogP contribution in [-0.4, -0.2) is 66.4 Å². The topological polar surface area (TPSA) is 115 Å². The molecular weight excluding hydrogens is 570 g/mol. The van der Waals surface area contributed by atoms with Crippen molar-refractivity contribution in [1.82, 2.24) is 15.5 Å². The van der Waals surface area contributed by atoms with E-state index in [1.165, 1.54) is 0 Å². The number of amides is 3. The number of ether oxygens (including phenoxy) is 2. The zero-order valence-electron chi connectivity index (χ0n) is 25.9. The van der Waals surface area contributed by atoms with Gasteiger partial charge in [0.25, 0.3) is 0 Å². The molecule has 3 aliphatic rings. The number of nitrogens with one attached hydrogen (secondary N) is 3. The van der Waals surface area contributed by atoms with Crippen molar-refractivity contribution in [2.75, 3.05) is 43.1 Å². The first-order chi connectivity index (χ1) is 21.9.